The molecule has 1 aliphatic rings. The van der Waals surface area contributed by atoms with Crippen LogP contribution in [0.15, 0.2) is 32.5 Å². The summed E-state index contributed by atoms with van der Waals surface area (Å²) >= 11 is 3.03. The lowest BCUT2D eigenvalue weighted by Gasteiger charge is -2.34. The highest BCUT2D eigenvalue weighted by molar-refractivity contribution is 8.01. The maximum Gasteiger partial charge on any atom is 0.289 e. The van der Waals surface area contributed by atoms with Gasteiger partial charge in [0.2, 0.25) is 5.91 Å². The lowest BCUT2D eigenvalue weighted by atomic mass is 10.3. The summed E-state index contributed by atoms with van der Waals surface area (Å²) in [4.78, 5) is 32.3. The number of amides is 2. The first-order chi connectivity index (χ1) is 11.1. The molecule has 0 aromatic carbocycles. The molecular formula is C15H17N3O3S2. The molecule has 6 nitrogen and oxygen atoms in total. The van der Waals surface area contributed by atoms with Gasteiger partial charge < -0.3 is 14.2 Å². The normalized spacial score (nSPS) is 15.0. The standard InChI is InChI=1S/C15H17N3O3S2/c1-11-9-22-15(16-11)23-10-13(19)17-4-6-18(7-5-17)14(20)12-3-2-8-21-12/h2-3,8-9H,4-7,10H2,1H3. The predicted molar refractivity (Wildman–Crippen MR) is 88.8 cm³/mol. The average Bonchev–Trinajstić information content (AvgIpc) is 3.24. The van der Waals surface area contributed by atoms with Crippen molar-refractivity contribution in [2.24, 2.45) is 0 Å². The third kappa shape index (κ3) is 3.94. The van der Waals surface area contributed by atoms with E-state index in [9.17, 15) is 9.59 Å². The summed E-state index contributed by atoms with van der Waals surface area (Å²) in [6.45, 7) is 4.13. The summed E-state index contributed by atoms with van der Waals surface area (Å²) < 4.78 is 6.05. The van der Waals surface area contributed by atoms with E-state index >= 15 is 0 Å². The quantitative estimate of drug-likeness (QED) is 0.790. The highest BCUT2D eigenvalue weighted by Gasteiger charge is 2.26. The number of thioether (sulfide) groups is 1. The van der Waals surface area contributed by atoms with Crippen LogP contribution >= 0.6 is 23.1 Å². The van der Waals surface area contributed by atoms with Crippen molar-refractivity contribution >= 4 is 34.9 Å². The number of rotatable bonds is 4. The third-order valence-electron chi connectivity index (χ3n) is 3.57. The highest BCUT2D eigenvalue weighted by Crippen LogP contribution is 2.22. The number of piperazine rings is 1. The highest BCUT2D eigenvalue weighted by atomic mass is 32.2. The number of nitrogens with zero attached hydrogens (tertiary/aromatic N) is 3. The van der Waals surface area contributed by atoms with Gasteiger partial charge in [0.25, 0.3) is 5.91 Å². The Morgan fingerprint density at radius 2 is 2.04 bits per heavy atom. The van der Waals surface area contributed by atoms with E-state index in [0.29, 0.717) is 37.7 Å². The summed E-state index contributed by atoms with van der Waals surface area (Å²) in [5.74, 6) is 0.709. The molecule has 0 bridgehead atoms. The van der Waals surface area contributed by atoms with E-state index in [1.165, 1.54) is 18.0 Å². The molecule has 3 rings (SSSR count). The molecule has 3 heterocycles. The van der Waals surface area contributed by atoms with Gasteiger partial charge in [-0.05, 0) is 19.1 Å². The Morgan fingerprint density at radius 3 is 2.65 bits per heavy atom. The molecule has 0 unspecified atom stereocenters. The van der Waals surface area contributed by atoms with E-state index in [0.717, 1.165) is 10.0 Å². The van der Waals surface area contributed by atoms with Crippen LogP contribution in [0.5, 0.6) is 0 Å². The van der Waals surface area contributed by atoms with Crippen molar-refractivity contribution in [1.82, 2.24) is 14.8 Å². The number of carbonyl (C=O) groups excluding carboxylic acids is 2. The molecule has 2 amide bonds. The molecule has 1 saturated heterocycles. The van der Waals surface area contributed by atoms with Crippen LogP contribution in [0.4, 0.5) is 0 Å². The molecule has 2 aromatic rings. The Bertz CT molecular complexity index is 676. The molecule has 0 aliphatic carbocycles. The van der Waals surface area contributed by atoms with E-state index in [-0.39, 0.29) is 11.8 Å². The minimum absolute atomic E-state index is 0.0907. The van der Waals surface area contributed by atoms with Crippen molar-refractivity contribution in [2.45, 2.75) is 11.3 Å². The minimum atomic E-state index is -0.116. The maximum atomic E-state index is 12.2. The Hall–Kier alpha value is -1.80. The molecular weight excluding hydrogens is 334 g/mol. The molecule has 2 aromatic heterocycles. The van der Waals surface area contributed by atoms with Gasteiger partial charge in [-0.1, -0.05) is 11.8 Å². The van der Waals surface area contributed by atoms with Crippen molar-refractivity contribution in [2.75, 3.05) is 31.9 Å². The lowest BCUT2D eigenvalue weighted by molar-refractivity contribution is -0.129. The molecule has 122 valence electrons. The lowest BCUT2D eigenvalue weighted by Crippen LogP contribution is -2.51. The van der Waals surface area contributed by atoms with Crippen molar-refractivity contribution < 1.29 is 14.0 Å². The van der Waals surface area contributed by atoms with E-state index in [4.69, 9.17) is 4.42 Å². The van der Waals surface area contributed by atoms with Gasteiger partial charge >= 0.3 is 0 Å². The van der Waals surface area contributed by atoms with Gasteiger partial charge in [-0.25, -0.2) is 4.98 Å². The zero-order chi connectivity index (χ0) is 16.2. The molecule has 0 saturated carbocycles. The van der Waals surface area contributed by atoms with Crippen LogP contribution in [-0.2, 0) is 4.79 Å². The zero-order valence-corrected chi connectivity index (χ0v) is 14.4. The number of hydrogen-bond acceptors (Lipinski definition) is 6. The number of furan rings is 1. The van der Waals surface area contributed by atoms with E-state index < -0.39 is 0 Å². The Labute approximate surface area is 142 Å². The van der Waals surface area contributed by atoms with E-state index in [2.05, 4.69) is 4.98 Å². The van der Waals surface area contributed by atoms with Crippen LogP contribution in [0.3, 0.4) is 0 Å². The molecule has 1 fully saturated rings. The molecule has 0 radical (unpaired) electrons. The predicted octanol–water partition coefficient (Wildman–Crippen LogP) is 2.12. The maximum absolute atomic E-state index is 12.2. The van der Waals surface area contributed by atoms with Gasteiger partial charge in [-0.3, -0.25) is 9.59 Å². The van der Waals surface area contributed by atoms with E-state index in [1.54, 1.807) is 33.3 Å². The second kappa shape index (κ2) is 7.18. The van der Waals surface area contributed by atoms with Gasteiger partial charge in [-0.2, -0.15) is 0 Å². The molecule has 0 atom stereocenters. The average molecular weight is 351 g/mol. The summed E-state index contributed by atoms with van der Waals surface area (Å²) in [6.07, 6.45) is 1.49. The van der Waals surface area contributed by atoms with Gasteiger partial charge in [-0.15, -0.1) is 11.3 Å². The topological polar surface area (TPSA) is 66.7 Å². The molecule has 0 spiro atoms. The van der Waals surface area contributed by atoms with Crippen molar-refractivity contribution in [1.29, 1.82) is 0 Å². The minimum Gasteiger partial charge on any atom is -0.459 e. The second-order valence-corrected chi connectivity index (χ2v) is 7.27. The molecule has 8 heteroatoms. The first-order valence-corrected chi connectivity index (χ1v) is 9.15. The summed E-state index contributed by atoms with van der Waals surface area (Å²) in [5, 5.41) is 1.98. The molecule has 0 N–H and O–H groups in total. The van der Waals surface area contributed by atoms with Crippen molar-refractivity contribution in [3.63, 3.8) is 0 Å². The zero-order valence-electron chi connectivity index (χ0n) is 12.7. The molecule has 1 aliphatic heterocycles. The second-order valence-electron chi connectivity index (χ2n) is 5.19. The van der Waals surface area contributed by atoms with Crippen LogP contribution in [-0.4, -0.2) is 58.5 Å². The van der Waals surface area contributed by atoms with Crippen molar-refractivity contribution in [3.8, 4) is 0 Å². The van der Waals surface area contributed by atoms with Crippen LogP contribution in [0.25, 0.3) is 0 Å². The Balaban J connectivity index is 1.46. The summed E-state index contributed by atoms with van der Waals surface area (Å²) in [7, 11) is 0. The van der Waals surface area contributed by atoms with Crippen LogP contribution in [0.1, 0.15) is 16.2 Å². The number of aryl methyl sites for hydroxylation is 1. The van der Waals surface area contributed by atoms with Crippen LogP contribution in [0, 0.1) is 6.92 Å². The fraction of sp³-hybridized carbons (Fsp3) is 0.400. The van der Waals surface area contributed by atoms with Crippen LogP contribution in [0.2, 0.25) is 0 Å². The van der Waals surface area contributed by atoms with Crippen molar-refractivity contribution in [3.05, 3.63) is 35.2 Å². The SMILES string of the molecule is Cc1csc(SCC(=O)N2CCN(C(=O)c3ccco3)CC2)n1. The fourth-order valence-corrected chi connectivity index (χ4v) is 4.08. The smallest absolute Gasteiger partial charge is 0.289 e. The Morgan fingerprint density at radius 1 is 1.30 bits per heavy atom. The Kier molecular flexibility index (Phi) is 5.02. The van der Waals surface area contributed by atoms with Gasteiger partial charge in [0, 0.05) is 37.3 Å². The first kappa shape index (κ1) is 16.1. The number of aromatic nitrogens is 1. The first-order valence-electron chi connectivity index (χ1n) is 7.29. The summed E-state index contributed by atoms with van der Waals surface area (Å²) in [6, 6.07) is 3.36. The number of carbonyl (C=O) groups is 2. The number of hydrogen-bond donors (Lipinski definition) is 0. The largest absolute Gasteiger partial charge is 0.459 e. The molecule has 23 heavy (non-hydrogen) atoms. The third-order valence-corrected chi connectivity index (χ3v) is 5.69. The fourth-order valence-electron chi connectivity index (χ4n) is 2.33. The van der Waals surface area contributed by atoms with Gasteiger partial charge in [0.15, 0.2) is 10.1 Å². The van der Waals surface area contributed by atoms with Gasteiger partial charge in [0.05, 0.1) is 12.0 Å². The van der Waals surface area contributed by atoms with Gasteiger partial charge in [0.1, 0.15) is 0 Å². The summed E-state index contributed by atoms with van der Waals surface area (Å²) in [5.41, 5.74) is 0.981. The van der Waals surface area contributed by atoms with E-state index in [1.807, 2.05) is 12.3 Å². The monoisotopic (exact) mass is 351 g/mol. The van der Waals surface area contributed by atoms with Crippen LogP contribution < -0.4 is 0 Å². The number of thiazole rings is 1.